The molecule has 0 aliphatic heterocycles. The number of thiazole rings is 1. The Kier molecular flexibility index (Phi) is 7.03. The fourth-order valence-corrected chi connectivity index (χ4v) is 3.39. The lowest BCUT2D eigenvalue weighted by Crippen LogP contribution is -2.20. The molecule has 0 fully saturated rings. The lowest BCUT2D eigenvalue weighted by Gasteiger charge is -2.09. The predicted octanol–water partition coefficient (Wildman–Crippen LogP) is 4.54. The summed E-state index contributed by atoms with van der Waals surface area (Å²) in [5.74, 6) is 0.908. The van der Waals surface area contributed by atoms with Gasteiger partial charge in [0.15, 0.2) is 11.7 Å². The summed E-state index contributed by atoms with van der Waals surface area (Å²) in [6, 6.07) is 13.6. The second-order valence-corrected chi connectivity index (χ2v) is 7.64. The van der Waals surface area contributed by atoms with Gasteiger partial charge in [-0.25, -0.2) is 4.98 Å². The van der Waals surface area contributed by atoms with E-state index < -0.39 is 0 Å². The molecule has 2 N–H and O–H groups in total. The van der Waals surface area contributed by atoms with Crippen LogP contribution in [0.2, 0.25) is 0 Å². The maximum absolute atomic E-state index is 12.4. The highest BCUT2D eigenvalue weighted by molar-refractivity contribution is 7.14. The smallest absolute Gasteiger partial charge is 0.262 e. The van der Waals surface area contributed by atoms with Gasteiger partial charge in [0.1, 0.15) is 11.5 Å². The zero-order valence-electron chi connectivity index (χ0n) is 17.0. The molecule has 2 aromatic carbocycles. The van der Waals surface area contributed by atoms with Crippen LogP contribution in [0.4, 0.5) is 10.8 Å². The van der Waals surface area contributed by atoms with Crippen molar-refractivity contribution in [1.29, 1.82) is 0 Å². The lowest BCUT2D eigenvalue weighted by atomic mass is 10.2. The Balaban J connectivity index is 1.51. The van der Waals surface area contributed by atoms with Gasteiger partial charge in [0.05, 0.1) is 12.8 Å². The third-order valence-electron chi connectivity index (χ3n) is 4.17. The number of anilines is 2. The number of ether oxygens (including phenoxy) is 2. The van der Waals surface area contributed by atoms with Gasteiger partial charge in [-0.15, -0.1) is 11.3 Å². The maximum Gasteiger partial charge on any atom is 0.262 e. The van der Waals surface area contributed by atoms with Gasteiger partial charge >= 0.3 is 0 Å². The second-order valence-electron chi connectivity index (χ2n) is 6.78. The molecule has 1 aromatic heterocycles. The third-order valence-corrected chi connectivity index (χ3v) is 4.95. The van der Waals surface area contributed by atoms with Crippen LogP contribution < -0.4 is 20.1 Å². The van der Waals surface area contributed by atoms with Gasteiger partial charge < -0.3 is 14.8 Å². The largest absolute Gasteiger partial charge is 0.497 e. The van der Waals surface area contributed by atoms with E-state index in [4.69, 9.17) is 9.47 Å². The first-order valence-corrected chi connectivity index (χ1v) is 10.3. The third kappa shape index (κ3) is 5.81. The van der Waals surface area contributed by atoms with Crippen LogP contribution in [0.5, 0.6) is 11.5 Å². The molecule has 30 heavy (non-hydrogen) atoms. The molecule has 3 aromatic rings. The van der Waals surface area contributed by atoms with E-state index >= 15 is 0 Å². The molecule has 0 bridgehead atoms. The standard InChI is InChI=1S/C22H23N3O4S/c1-14(2)19-13-30-22(24-19)25-21(27)15-7-9-17(10-8-15)29-12-20(26)23-16-5-4-6-18(11-16)28-3/h4-11,13-14H,12H2,1-3H3,(H,23,26)(H,24,25,27). The molecule has 1 heterocycles. The first kappa shape index (κ1) is 21.3. The SMILES string of the molecule is COc1cccc(NC(=O)COc2ccc(C(=O)Nc3nc(C(C)C)cs3)cc2)c1. The molecule has 0 atom stereocenters. The van der Waals surface area contributed by atoms with Crippen molar-refractivity contribution >= 4 is 34.0 Å². The van der Waals surface area contributed by atoms with Crippen molar-refractivity contribution in [3.63, 3.8) is 0 Å². The van der Waals surface area contributed by atoms with Gasteiger partial charge in [-0.1, -0.05) is 19.9 Å². The number of nitrogens with zero attached hydrogens (tertiary/aromatic N) is 1. The topological polar surface area (TPSA) is 89.5 Å². The summed E-state index contributed by atoms with van der Waals surface area (Å²) in [5, 5.41) is 8.04. The Morgan fingerprint density at radius 3 is 2.50 bits per heavy atom. The number of benzene rings is 2. The summed E-state index contributed by atoms with van der Waals surface area (Å²) in [5.41, 5.74) is 2.05. The van der Waals surface area contributed by atoms with E-state index in [1.807, 2.05) is 5.38 Å². The number of methoxy groups -OCH3 is 1. The Bertz CT molecular complexity index is 1020. The molecule has 8 heteroatoms. The van der Waals surface area contributed by atoms with Crippen molar-refractivity contribution in [2.45, 2.75) is 19.8 Å². The first-order chi connectivity index (χ1) is 14.4. The number of aromatic nitrogens is 1. The van der Waals surface area contributed by atoms with Crippen molar-refractivity contribution in [2.24, 2.45) is 0 Å². The molecule has 7 nitrogen and oxygen atoms in total. The number of amides is 2. The Morgan fingerprint density at radius 1 is 1.07 bits per heavy atom. The van der Waals surface area contributed by atoms with Crippen LogP contribution in [0.15, 0.2) is 53.9 Å². The normalized spacial score (nSPS) is 10.5. The molecule has 0 unspecified atom stereocenters. The zero-order valence-corrected chi connectivity index (χ0v) is 17.8. The summed E-state index contributed by atoms with van der Waals surface area (Å²) in [7, 11) is 1.56. The summed E-state index contributed by atoms with van der Waals surface area (Å²) in [6.07, 6.45) is 0. The van der Waals surface area contributed by atoms with Crippen LogP contribution in [0, 0.1) is 0 Å². The summed E-state index contributed by atoms with van der Waals surface area (Å²) >= 11 is 1.40. The molecule has 0 radical (unpaired) electrons. The van der Waals surface area contributed by atoms with Crippen LogP contribution in [-0.2, 0) is 4.79 Å². The summed E-state index contributed by atoms with van der Waals surface area (Å²) < 4.78 is 10.6. The molecule has 3 rings (SSSR count). The van der Waals surface area contributed by atoms with Gasteiger partial charge in [-0.2, -0.15) is 0 Å². The van der Waals surface area contributed by atoms with Crippen LogP contribution in [0.25, 0.3) is 0 Å². The average Bonchev–Trinajstić information content (AvgIpc) is 3.21. The van der Waals surface area contributed by atoms with E-state index in [0.717, 1.165) is 5.69 Å². The average molecular weight is 426 g/mol. The van der Waals surface area contributed by atoms with E-state index in [-0.39, 0.29) is 18.4 Å². The quantitative estimate of drug-likeness (QED) is 0.553. The molecule has 2 amide bonds. The second kappa shape index (κ2) is 9.89. The van der Waals surface area contributed by atoms with Crippen LogP contribution in [0.3, 0.4) is 0 Å². The molecule has 0 aliphatic rings. The maximum atomic E-state index is 12.4. The van der Waals surface area contributed by atoms with Crippen LogP contribution in [-0.4, -0.2) is 30.5 Å². The lowest BCUT2D eigenvalue weighted by molar-refractivity contribution is -0.118. The molecule has 0 spiro atoms. The van der Waals surface area contributed by atoms with E-state index in [0.29, 0.717) is 33.8 Å². The molecule has 0 saturated heterocycles. The summed E-state index contributed by atoms with van der Waals surface area (Å²) in [6.45, 7) is 3.95. The summed E-state index contributed by atoms with van der Waals surface area (Å²) in [4.78, 5) is 28.8. The number of hydrogen-bond donors (Lipinski definition) is 2. The Hall–Kier alpha value is -3.39. The van der Waals surface area contributed by atoms with Gasteiger partial charge in [0, 0.05) is 22.7 Å². The van der Waals surface area contributed by atoms with E-state index in [9.17, 15) is 9.59 Å². The predicted molar refractivity (Wildman–Crippen MR) is 118 cm³/mol. The van der Waals surface area contributed by atoms with Crippen LogP contribution in [0.1, 0.15) is 35.8 Å². The number of nitrogens with one attached hydrogen (secondary N) is 2. The van der Waals surface area contributed by atoms with Crippen molar-refractivity contribution in [3.8, 4) is 11.5 Å². The van der Waals surface area contributed by atoms with Crippen molar-refractivity contribution in [1.82, 2.24) is 4.98 Å². The Morgan fingerprint density at radius 2 is 1.83 bits per heavy atom. The number of hydrogen-bond acceptors (Lipinski definition) is 6. The van der Waals surface area contributed by atoms with E-state index in [2.05, 4.69) is 29.5 Å². The highest BCUT2D eigenvalue weighted by Crippen LogP contribution is 2.22. The minimum atomic E-state index is -0.296. The number of carbonyl (C=O) groups excluding carboxylic acids is 2. The highest BCUT2D eigenvalue weighted by atomic mass is 32.1. The Labute approximate surface area is 179 Å². The van der Waals surface area contributed by atoms with E-state index in [1.54, 1.807) is 55.6 Å². The van der Waals surface area contributed by atoms with Gasteiger partial charge in [0.25, 0.3) is 11.8 Å². The molecule has 0 aliphatic carbocycles. The highest BCUT2D eigenvalue weighted by Gasteiger charge is 2.11. The fourth-order valence-electron chi connectivity index (χ4n) is 2.53. The van der Waals surface area contributed by atoms with E-state index in [1.165, 1.54) is 11.3 Å². The molecular formula is C22H23N3O4S. The van der Waals surface area contributed by atoms with Crippen LogP contribution >= 0.6 is 11.3 Å². The van der Waals surface area contributed by atoms with Crippen molar-refractivity contribution in [2.75, 3.05) is 24.4 Å². The van der Waals surface area contributed by atoms with Gasteiger partial charge in [-0.3, -0.25) is 14.9 Å². The van der Waals surface area contributed by atoms with Crippen molar-refractivity contribution in [3.05, 3.63) is 65.2 Å². The fraction of sp³-hybridized carbons (Fsp3) is 0.227. The number of rotatable bonds is 8. The minimum absolute atomic E-state index is 0.153. The molecule has 0 saturated carbocycles. The molecule has 156 valence electrons. The van der Waals surface area contributed by atoms with Gasteiger partial charge in [0.2, 0.25) is 0 Å². The zero-order chi connectivity index (χ0) is 21.5. The van der Waals surface area contributed by atoms with Crippen molar-refractivity contribution < 1.29 is 19.1 Å². The first-order valence-electron chi connectivity index (χ1n) is 9.38. The molecular weight excluding hydrogens is 402 g/mol. The van der Waals surface area contributed by atoms with Gasteiger partial charge in [-0.05, 0) is 42.3 Å². The number of carbonyl (C=O) groups is 2. The monoisotopic (exact) mass is 425 g/mol. The minimum Gasteiger partial charge on any atom is -0.497 e.